The number of hydrogen-bond acceptors (Lipinski definition) is 3. The molecule has 0 atom stereocenters. The average Bonchev–Trinajstić information content (AvgIpc) is 2.55. The normalized spacial score (nSPS) is 10.8. The van der Waals surface area contributed by atoms with Crippen LogP contribution in [0.2, 0.25) is 0 Å². The molecule has 0 saturated heterocycles. The molecular formula is C18H18N2O2. The van der Waals surface area contributed by atoms with Gasteiger partial charge in [-0.1, -0.05) is 43.7 Å². The SMILES string of the molecule is CCCc1cc2c(=O)[nH]cnc2cc1OCc1ccccc1. The van der Waals surface area contributed by atoms with E-state index in [-0.39, 0.29) is 5.56 Å². The second-order valence-corrected chi connectivity index (χ2v) is 5.23. The van der Waals surface area contributed by atoms with Gasteiger partial charge in [-0.15, -0.1) is 0 Å². The highest BCUT2D eigenvalue weighted by molar-refractivity contribution is 5.80. The maximum Gasteiger partial charge on any atom is 0.258 e. The summed E-state index contributed by atoms with van der Waals surface area (Å²) in [6.45, 7) is 2.62. The summed E-state index contributed by atoms with van der Waals surface area (Å²) in [5.41, 5.74) is 2.71. The molecule has 0 amide bonds. The summed E-state index contributed by atoms with van der Waals surface area (Å²) >= 11 is 0. The third-order valence-corrected chi connectivity index (χ3v) is 3.58. The van der Waals surface area contributed by atoms with Crippen LogP contribution in [0, 0.1) is 0 Å². The number of aromatic amines is 1. The molecule has 0 saturated carbocycles. The van der Waals surface area contributed by atoms with Gasteiger partial charge < -0.3 is 9.72 Å². The fourth-order valence-corrected chi connectivity index (χ4v) is 2.48. The van der Waals surface area contributed by atoms with E-state index in [4.69, 9.17) is 4.74 Å². The van der Waals surface area contributed by atoms with Crippen LogP contribution in [0.3, 0.4) is 0 Å². The van der Waals surface area contributed by atoms with Gasteiger partial charge in [0.1, 0.15) is 12.4 Å². The lowest BCUT2D eigenvalue weighted by Crippen LogP contribution is -2.08. The molecule has 0 aliphatic rings. The molecule has 2 aromatic carbocycles. The van der Waals surface area contributed by atoms with Crippen molar-refractivity contribution in [1.82, 2.24) is 9.97 Å². The van der Waals surface area contributed by atoms with Crippen molar-refractivity contribution in [3.8, 4) is 5.75 Å². The first-order valence-corrected chi connectivity index (χ1v) is 7.45. The fraction of sp³-hybridized carbons (Fsp3) is 0.222. The van der Waals surface area contributed by atoms with Crippen molar-refractivity contribution in [2.24, 2.45) is 0 Å². The van der Waals surface area contributed by atoms with Gasteiger partial charge in [0.2, 0.25) is 0 Å². The summed E-state index contributed by atoms with van der Waals surface area (Å²) in [4.78, 5) is 18.7. The van der Waals surface area contributed by atoms with Gasteiger partial charge in [-0.05, 0) is 23.6 Å². The third kappa shape index (κ3) is 3.01. The number of benzene rings is 2. The molecule has 0 aliphatic carbocycles. The van der Waals surface area contributed by atoms with Crippen molar-refractivity contribution < 1.29 is 4.74 Å². The van der Waals surface area contributed by atoms with Crippen molar-refractivity contribution in [2.45, 2.75) is 26.4 Å². The van der Waals surface area contributed by atoms with E-state index in [1.54, 1.807) is 0 Å². The summed E-state index contributed by atoms with van der Waals surface area (Å²) in [5.74, 6) is 0.802. The molecule has 0 radical (unpaired) electrons. The molecule has 0 bridgehead atoms. The summed E-state index contributed by atoms with van der Waals surface area (Å²) in [5, 5.41) is 0.609. The van der Waals surface area contributed by atoms with Crippen molar-refractivity contribution in [3.05, 3.63) is 70.3 Å². The van der Waals surface area contributed by atoms with Crippen LogP contribution in [0.25, 0.3) is 10.9 Å². The highest BCUT2D eigenvalue weighted by Crippen LogP contribution is 2.25. The first kappa shape index (κ1) is 14.3. The Bertz CT molecular complexity index is 825. The predicted octanol–water partition coefficient (Wildman–Crippen LogP) is 3.45. The summed E-state index contributed by atoms with van der Waals surface area (Å²) in [6, 6.07) is 13.8. The van der Waals surface area contributed by atoms with Crippen LogP contribution in [0.1, 0.15) is 24.5 Å². The fourth-order valence-electron chi connectivity index (χ4n) is 2.48. The zero-order valence-corrected chi connectivity index (χ0v) is 12.5. The van der Waals surface area contributed by atoms with Crippen LogP contribution >= 0.6 is 0 Å². The largest absolute Gasteiger partial charge is 0.489 e. The molecule has 4 heteroatoms. The van der Waals surface area contributed by atoms with Gasteiger partial charge in [0, 0.05) is 6.07 Å². The standard InChI is InChI=1S/C18H18N2O2/c1-2-6-14-9-15-16(19-12-20-18(15)21)10-17(14)22-11-13-7-4-3-5-8-13/h3-5,7-10,12H,2,6,11H2,1H3,(H,19,20,21). The monoisotopic (exact) mass is 294 g/mol. The molecule has 0 unspecified atom stereocenters. The van der Waals surface area contributed by atoms with Crippen LogP contribution in [-0.2, 0) is 13.0 Å². The van der Waals surface area contributed by atoms with Gasteiger partial charge in [0.05, 0.1) is 17.2 Å². The van der Waals surface area contributed by atoms with E-state index in [1.807, 2.05) is 42.5 Å². The van der Waals surface area contributed by atoms with Crippen molar-refractivity contribution in [1.29, 1.82) is 0 Å². The average molecular weight is 294 g/mol. The van der Waals surface area contributed by atoms with Crippen LogP contribution in [0.15, 0.2) is 53.6 Å². The molecule has 0 fully saturated rings. The first-order valence-electron chi connectivity index (χ1n) is 7.45. The Morgan fingerprint density at radius 3 is 2.77 bits per heavy atom. The number of aryl methyl sites for hydroxylation is 1. The van der Waals surface area contributed by atoms with Gasteiger partial charge in [0.15, 0.2) is 0 Å². The van der Waals surface area contributed by atoms with Crippen molar-refractivity contribution in [2.75, 3.05) is 0 Å². The Balaban J connectivity index is 1.96. The number of rotatable bonds is 5. The van der Waals surface area contributed by atoms with Gasteiger partial charge in [-0.3, -0.25) is 4.79 Å². The van der Waals surface area contributed by atoms with Gasteiger partial charge in [0.25, 0.3) is 5.56 Å². The minimum absolute atomic E-state index is 0.114. The molecule has 22 heavy (non-hydrogen) atoms. The number of nitrogens with zero attached hydrogens (tertiary/aromatic N) is 1. The Labute approximate surface area is 128 Å². The predicted molar refractivity (Wildman–Crippen MR) is 87.1 cm³/mol. The minimum atomic E-state index is -0.114. The molecule has 1 aromatic heterocycles. The first-order chi connectivity index (χ1) is 10.8. The van der Waals surface area contributed by atoms with Crippen LogP contribution in [-0.4, -0.2) is 9.97 Å². The summed E-state index contributed by atoms with van der Waals surface area (Å²) < 4.78 is 5.97. The molecule has 0 spiro atoms. The Morgan fingerprint density at radius 2 is 2.00 bits per heavy atom. The maximum absolute atomic E-state index is 11.9. The summed E-state index contributed by atoms with van der Waals surface area (Å²) in [6.07, 6.45) is 3.28. The second kappa shape index (κ2) is 6.43. The molecular weight excluding hydrogens is 276 g/mol. The molecule has 1 heterocycles. The van der Waals surface area contributed by atoms with E-state index in [1.165, 1.54) is 6.33 Å². The number of H-pyrrole nitrogens is 1. The van der Waals surface area contributed by atoms with Gasteiger partial charge in [-0.25, -0.2) is 4.98 Å². The topological polar surface area (TPSA) is 55.0 Å². The van der Waals surface area contributed by atoms with Crippen LogP contribution in [0.4, 0.5) is 0 Å². The van der Waals surface area contributed by atoms with E-state index < -0.39 is 0 Å². The lowest BCUT2D eigenvalue weighted by atomic mass is 10.1. The highest BCUT2D eigenvalue weighted by Gasteiger charge is 2.09. The zero-order valence-electron chi connectivity index (χ0n) is 12.5. The van der Waals surface area contributed by atoms with Crippen LogP contribution in [0.5, 0.6) is 5.75 Å². The van der Waals surface area contributed by atoms with Gasteiger partial charge >= 0.3 is 0 Å². The van der Waals surface area contributed by atoms with E-state index in [2.05, 4.69) is 16.9 Å². The van der Waals surface area contributed by atoms with E-state index in [0.717, 1.165) is 29.7 Å². The number of nitrogens with one attached hydrogen (secondary N) is 1. The Morgan fingerprint density at radius 1 is 1.18 bits per heavy atom. The lowest BCUT2D eigenvalue weighted by Gasteiger charge is -2.12. The molecule has 112 valence electrons. The second-order valence-electron chi connectivity index (χ2n) is 5.23. The lowest BCUT2D eigenvalue weighted by molar-refractivity contribution is 0.303. The molecule has 1 N–H and O–H groups in total. The molecule has 4 nitrogen and oxygen atoms in total. The smallest absolute Gasteiger partial charge is 0.258 e. The number of hydrogen-bond donors (Lipinski definition) is 1. The number of aromatic nitrogens is 2. The zero-order chi connectivity index (χ0) is 15.4. The Hall–Kier alpha value is -2.62. The maximum atomic E-state index is 11.9. The molecule has 0 aliphatic heterocycles. The van der Waals surface area contributed by atoms with Crippen molar-refractivity contribution >= 4 is 10.9 Å². The van der Waals surface area contributed by atoms with E-state index >= 15 is 0 Å². The quantitative estimate of drug-likeness (QED) is 0.784. The van der Waals surface area contributed by atoms with Gasteiger partial charge in [-0.2, -0.15) is 0 Å². The van der Waals surface area contributed by atoms with E-state index in [9.17, 15) is 4.79 Å². The molecule has 3 aromatic rings. The highest BCUT2D eigenvalue weighted by atomic mass is 16.5. The van der Waals surface area contributed by atoms with E-state index in [0.29, 0.717) is 17.5 Å². The minimum Gasteiger partial charge on any atom is -0.489 e. The third-order valence-electron chi connectivity index (χ3n) is 3.58. The number of fused-ring (bicyclic) bond motifs is 1. The summed E-state index contributed by atoms with van der Waals surface area (Å²) in [7, 11) is 0. The Kier molecular flexibility index (Phi) is 4.19. The molecule has 3 rings (SSSR count). The van der Waals surface area contributed by atoms with Crippen molar-refractivity contribution in [3.63, 3.8) is 0 Å². The van der Waals surface area contributed by atoms with Crippen LogP contribution < -0.4 is 10.3 Å². The number of ether oxygens (including phenoxy) is 1.